The third kappa shape index (κ3) is 3.86. The highest BCUT2D eigenvalue weighted by atomic mass is 16.6. The smallest absolute Gasteiger partial charge is 0.295 e. The maximum Gasteiger partial charge on any atom is 0.295 e. The second-order valence-electron chi connectivity index (χ2n) is 7.95. The first-order chi connectivity index (χ1) is 16.0. The number of carbonyl (C=O) groups excluding carboxylic acids is 2. The maximum absolute atomic E-state index is 13.1. The summed E-state index contributed by atoms with van der Waals surface area (Å²) in [6.45, 7) is 3.57. The Kier molecular flexibility index (Phi) is 5.37. The minimum Gasteiger partial charge on any atom is -0.507 e. The normalized spacial score (nSPS) is 19.3. The molecule has 33 heavy (non-hydrogen) atoms. The lowest BCUT2D eigenvalue weighted by atomic mass is 9.99. The van der Waals surface area contributed by atoms with Gasteiger partial charge in [-0.1, -0.05) is 0 Å². The average molecular weight is 449 g/mol. The van der Waals surface area contributed by atoms with E-state index < -0.39 is 17.7 Å². The number of Topliss-reactive ketones (excluding diaryl/α,β-unsaturated/α-hetero) is 1. The summed E-state index contributed by atoms with van der Waals surface area (Å²) < 4.78 is 18.8. The Balaban J connectivity index is 1.51. The number of aliphatic hydroxyl groups is 1. The van der Waals surface area contributed by atoms with E-state index in [0.717, 1.165) is 0 Å². The number of ketones is 1. The number of likely N-dealkylation sites (tertiary alicyclic amines) is 1. The van der Waals surface area contributed by atoms with Crippen LogP contribution in [0.3, 0.4) is 0 Å². The van der Waals surface area contributed by atoms with E-state index in [1.165, 1.54) is 4.90 Å². The molecule has 1 amide bonds. The number of hydrogen-bond donors (Lipinski definition) is 1. The molecule has 0 unspecified atom stereocenters. The summed E-state index contributed by atoms with van der Waals surface area (Å²) in [5.41, 5.74) is 0.359. The predicted molar refractivity (Wildman–Crippen MR) is 117 cm³/mol. The highest BCUT2D eigenvalue weighted by molar-refractivity contribution is 6.46. The minimum absolute atomic E-state index is 0.00587. The summed E-state index contributed by atoms with van der Waals surface area (Å²) in [6.07, 6.45) is 5.82. The number of rotatable bonds is 6. The molecule has 2 aliphatic heterocycles. The molecule has 0 radical (unpaired) electrons. The number of benzene rings is 1. The molecular formula is C24H23N3O6. The summed E-state index contributed by atoms with van der Waals surface area (Å²) in [7, 11) is 0. The monoisotopic (exact) mass is 449 g/mol. The Morgan fingerprint density at radius 3 is 2.67 bits per heavy atom. The summed E-state index contributed by atoms with van der Waals surface area (Å²) in [5.74, 6) is 0.423. The second-order valence-corrected chi connectivity index (χ2v) is 7.95. The lowest BCUT2D eigenvalue weighted by Gasteiger charge is -2.23. The average Bonchev–Trinajstić information content (AvgIpc) is 3.55. The molecule has 0 aliphatic carbocycles. The van der Waals surface area contributed by atoms with E-state index in [1.807, 2.05) is 10.8 Å². The lowest BCUT2D eigenvalue weighted by molar-refractivity contribution is -0.140. The van der Waals surface area contributed by atoms with Gasteiger partial charge in [0.25, 0.3) is 11.7 Å². The first-order valence-electron chi connectivity index (χ1n) is 10.7. The van der Waals surface area contributed by atoms with Crippen LogP contribution in [0, 0.1) is 6.92 Å². The summed E-state index contributed by atoms with van der Waals surface area (Å²) in [5, 5.41) is 11.2. The Morgan fingerprint density at radius 1 is 1.12 bits per heavy atom. The summed E-state index contributed by atoms with van der Waals surface area (Å²) in [6, 6.07) is 7.60. The van der Waals surface area contributed by atoms with E-state index in [1.54, 1.807) is 49.8 Å². The number of aromatic nitrogens is 2. The molecule has 2 aliphatic rings. The Labute approximate surface area is 189 Å². The van der Waals surface area contributed by atoms with Crippen molar-refractivity contribution in [3.8, 4) is 11.5 Å². The van der Waals surface area contributed by atoms with Gasteiger partial charge in [0.1, 0.15) is 36.5 Å². The van der Waals surface area contributed by atoms with Gasteiger partial charge in [-0.3, -0.25) is 9.59 Å². The molecule has 4 heterocycles. The van der Waals surface area contributed by atoms with Crippen LogP contribution in [0.1, 0.15) is 29.5 Å². The van der Waals surface area contributed by atoms with Gasteiger partial charge in [0.05, 0.1) is 11.9 Å². The highest BCUT2D eigenvalue weighted by Gasteiger charge is 2.47. The first-order valence-corrected chi connectivity index (χ1v) is 10.7. The van der Waals surface area contributed by atoms with Gasteiger partial charge in [-0.05, 0) is 43.7 Å². The predicted octanol–water partition coefficient (Wildman–Crippen LogP) is 3.07. The van der Waals surface area contributed by atoms with Crippen LogP contribution >= 0.6 is 0 Å². The number of amides is 1. The first kappa shape index (κ1) is 20.9. The van der Waals surface area contributed by atoms with Crippen molar-refractivity contribution in [3.05, 3.63) is 71.7 Å². The van der Waals surface area contributed by atoms with E-state index in [9.17, 15) is 14.7 Å². The number of furan rings is 1. The Morgan fingerprint density at radius 2 is 1.94 bits per heavy atom. The zero-order chi connectivity index (χ0) is 22.9. The number of fused-ring (bicyclic) bond motifs is 1. The standard InChI is InChI=1S/C24H23N3O6/c1-15-3-5-18(33-15)21-20(22(28)16-4-6-17-19(13-16)32-12-11-31-17)23(29)24(30)27(21)9-2-8-26-10-7-25-14-26/h3-7,10,13-14,21,28H,2,8-9,11-12H2,1H3/t21-/m0/s1. The quantitative estimate of drug-likeness (QED) is 0.350. The van der Waals surface area contributed by atoms with Crippen molar-refractivity contribution in [2.75, 3.05) is 19.8 Å². The van der Waals surface area contributed by atoms with Gasteiger partial charge in [-0.25, -0.2) is 4.98 Å². The van der Waals surface area contributed by atoms with E-state index in [4.69, 9.17) is 13.9 Å². The zero-order valence-electron chi connectivity index (χ0n) is 18.1. The minimum atomic E-state index is -0.824. The lowest BCUT2D eigenvalue weighted by Crippen LogP contribution is -2.31. The molecular weight excluding hydrogens is 426 g/mol. The van der Waals surface area contributed by atoms with Gasteiger partial charge in [0.15, 0.2) is 11.5 Å². The zero-order valence-corrected chi connectivity index (χ0v) is 18.1. The second kappa shape index (κ2) is 8.50. The molecule has 0 saturated carbocycles. The molecule has 1 aromatic carbocycles. The van der Waals surface area contributed by atoms with Gasteiger partial charge in [-0.2, -0.15) is 0 Å². The van der Waals surface area contributed by atoms with Gasteiger partial charge < -0.3 is 28.5 Å². The van der Waals surface area contributed by atoms with Gasteiger partial charge in [-0.15, -0.1) is 0 Å². The Hall–Kier alpha value is -4.01. The summed E-state index contributed by atoms with van der Waals surface area (Å²) in [4.78, 5) is 31.5. The number of carbonyl (C=O) groups is 2. The molecule has 9 nitrogen and oxygen atoms in total. The fourth-order valence-corrected chi connectivity index (χ4v) is 4.20. The Bertz CT molecular complexity index is 1230. The molecule has 1 fully saturated rings. The van der Waals surface area contributed by atoms with Crippen LogP contribution in [-0.4, -0.2) is 51.0 Å². The summed E-state index contributed by atoms with van der Waals surface area (Å²) >= 11 is 0. The van der Waals surface area contributed by atoms with Crippen LogP contribution in [-0.2, 0) is 16.1 Å². The molecule has 5 rings (SSSR count). The third-order valence-corrected chi connectivity index (χ3v) is 5.76. The number of hydrogen-bond acceptors (Lipinski definition) is 7. The fourth-order valence-electron chi connectivity index (χ4n) is 4.20. The molecule has 0 spiro atoms. The van der Waals surface area contributed by atoms with Crippen molar-refractivity contribution < 1.29 is 28.6 Å². The molecule has 1 N–H and O–H groups in total. The number of ether oxygens (including phenoxy) is 2. The van der Waals surface area contributed by atoms with E-state index in [2.05, 4.69) is 4.98 Å². The molecule has 170 valence electrons. The molecule has 9 heteroatoms. The van der Waals surface area contributed by atoms with Crippen molar-refractivity contribution >= 4 is 17.4 Å². The van der Waals surface area contributed by atoms with Crippen LogP contribution in [0.5, 0.6) is 11.5 Å². The van der Waals surface area contributed by atoms with Crippen molar-refractivity contribution in [3.63, 3.8) is 0 Å². The number of aliphatic hydroxyl groups excluding tert-OH is 1. The topological polar surface area (TPSA) is 107 Å². The van der Waals surface area contributed by atoms with Crippen molar-refractivity contribution in [2.45, 2.75) is 25.9 Å². The van der Waals surface area contributed by atoms with Gasteiger partial charge in [0, 0.05) is 31.0 Å². The van der Waals surface area contributed by atoms with E-state index in [-0.39, 0.29) is 11.3 Å². The fraction of sp³-hybridized carbons (Fsp3) is 0.292. The van der Waals surface area contributed by atoms with Crippen LogP contribution < -0.4 is 9.47 Å². The number of nitrogens with zero attached hydrogens (tertiary/aromatic N) is 3. The van der Waals surface area contributed by atoms with Crippen molar-refractivity contribution in [2.24, 2.45) is 0 Å². The third-order valence-electron chi connectivity index (χ3n) is 5.76. The molecule has 2 aromatic heterocycles. The van der Waals surface area contributed by atoms with E-state index in [0.29, 0.717) is 61.3 Å². The molecule has 1 saturated heterocycles. The van der Waals surface area contributed by atoms with Crippen LogP contribution in [0.15, 0.2) is 59.0 Å². The molecule has 3 aromatic rings. The van der Waals surface area contributed by atoms with Crippen LogP contribution in [0.2, 0.25) is 0 Å². The van der Waals surface area contributed by atoms with Gasteiger partial charge >= 0.3 is 0 Å². The van der Waals surface area contributed by atoms with E-state index >= 15 is 0 Å². The SMILES string of the molecule is Cc1ccc([C@H]2C(=C(O)c3ccc4c(c3)OCCO4)C(=O)C(=O)N2CCCn2ccnc2)o1. The highest BCUT2D eigenvalue weighted by Crippen LogP contribution is 2.41. The largest absolute Gasteiger partial charge is 0.507 e. The number of aryl methyl sites for hydroxylation is 2. The number of imidazole rings is 1. The van der Waals surface area contributed by atoms with Gasteiger partial charge in [0.2, 0.25) is 0 Å². The van der Waals surface area contributed by atoms with Crippen molar-refractivity contribution in [1.29, 1.82) is 0 Å². The van der Waals surface area contributed by atoms with Crippen LogP contribution in [0.25, 0.3) is 5.76 Å². The van der Waals surface area contributed by atoms with Crippen LogP contribution in [0.4, 0.5) is 0 Å². The molecule has 0 bridgehead atoms. The van der Waals surface area contributed by atoms with Crippen molar-refractivity contribution in [1.82, 2.24) is 14.5 Å². The molecule has 1 atom stereocenters. The maximum atomic E-state index is 13.1.